The summed E-state index contributed by atoms with van der Waals surface area (Å²) in [6.45, 7) is 0. The Morgan fingerprint density at radius 3 is 1.14 bits per heavy atom. The Balaban J connectivity index is 3.35. The summed E-state index contributed by atoms with van der Waals surface area (Å²) in [6.07, 6.45) is 3.75. The fourth-order valence-corrected chi connectivity index (χ4v) is 1.29. The minimum Gasteiger partial charge on any atom is -0.356 e. The first-order valence-electron chi connectivity index (χ1n) is 4.89. The van der Waals surface area contributed by atoms with Crippen LogP contribution in [-0.4, -0.2) is 41.0 Å². The summed E-state index contributed by atoms with van der Waals surface area (Å²) in [5.74, 6) is 0. The van der Waals surface area contributed by atoms with Crippen LogP contribution in [0.1, 0.15) is 25.7 Å². The summed E-state index contributed by atoms with van der Waals surface area (Å²) >= 11 is 0. The van der Waals surface area contributed by atoms with Crippen molar-refractivity contribution in [1.82, 2.24) is 0 Å². The lowest BCUT2D eigenvalue weighted by Crippen LogP contribution is -2.14. The van der Waals surface area contributed by atoms with E-state index >= 15 is 0 Å². The van der Waals surface area contributed by atoms with Crippen LogP contribution in [0.15, 0.2) is 0 Å². The van der Waals surface area contributed by atoms with E-state index in [9.17, 15) is 0 Å². The van der Waals surface area contributed by atoms with Crippen LogP contribution in [0.4, 0.5) is 0 Å². The molecule has 0 atom stereocenters. The van der Waals surface area contributed by atoms with Gasteiger partial charge in [-0.15, -0.1) is 0 Å². The van der Waals surface area contributed by atoms with Crippen LogP contribution in [0.2, 0.25) is 0 Å². The van der Waals surface area contributed by atoms with E-state index in [1.54, 1.807) is 28.4 Å². The van der Waals surface area contributed by atoms with Crippen molar-refractivity contribution in [3.8, 4) is 0 Å². The summed E-state index contributed by atoms with van der Waals surface area (Å²) in [5.41, 5.74) is 0. The zero-order chi connectivity index (χ0) is 10.8. The molecule has 0 fully saturated rings. The number of unbranched alkanes of at least 4 members (excludes halogenated alkanes) is 1. The molecular weight excluding hydrogens is 184 g/mol. The predicted molar refractivity (Wildman–Crippen MR) is 54.1 cm³/mol. The van der Waals surface area contributed by atoms with Gasteiger partial charge in [0.25, 0.3) is 0 Å². The Kier molecular flexibility index (Phi) is 9.29. The summed E-state index contributed by atoms with van der Waals surface area (Å²) in [4.78, 5) is 0. The normalized spacial score (nSPS) is 11.6. The maximum absolute atomic E-state index is 5.07. The average molecular weight is 206 g/mol. The lowest BCUT2D eigenvalue weighted by atomic mass is 10.2. The highest BCUT2D eigenvalue weighted by atomic mass is 16.7. The number of methoxy groups -OCH3 is 4. The smallest absolute Gasteiger partial charge is 0.156 e. The molecule has 86 valence electrons. The minimum absolute atomic E-state index is 0.0847. The zero-order valence-corrected chi connectivity index (χ0v) is 9.62. The monoisotopic (exact) mass is 206 g/mol. The van der Waals surface area contributed by atoms with E-state index in [0.717, 1.165) is 25.7 Å². The van der Waals surface area contributed by atoms with Crippen LogP contribution in [0, 0.1) is 0 Å². The number of ether oxygens (including phenoxy) is 4. The second kappa shape index (κ2) is 9.40. The van der Waals surface area contributed by atoms with Gasteiger partial charge in [-0.25, -0.2) is 0 Å². The molecule has 0 rings (SSSR count). The van der Waals surface area contributed by atoms with Gasteiger partial charge in [-0.1, -0.05) is 0 Å². The van der Waals surface area contributed by atoms with E-state index in [0.29, 0.717) is 0 Å². The topological polar surface area (TPSA) is 36.9 Å². The van der Waals surface area contributed by atoms with Crippen molar-refractivity contribution in [1.29, 1.82) is 0 Å². The molecule has 0 unspecified atom stereocenters. The minimum atomic E-state index is -0.0847. The van der Waals surface area contributed by atoms with Gasteiger partial charge in [0.2, 0.25) is 0 Å². The van der Waals surface area contributed by atoms with Gasteiger partial charge in [0.1, 0.15) is 0 Å². The van der Waals surface area contributed by atoms with Crippen molar-refractivity contribution in [2.45, 2.75) is 38.3 Å². The molecule has 0 amide bonds. The molecule has 14 heavy (non-hydrogen) atoms. The molecule has 0 saturated carbocycles. The number of rotatable bonds is 9. The lowest BCUT2D eigenvalue weighted by molar-refractivity contribution is -0.115. The quantitative estimate of drug-likeness (QED) is 0.425. The molecule has 0 N–H and O–H groups in total. The second-order valence-electron chi connectivity index (χ2n) is 3.09. The van der Waals surface area contributed by atoms with Crippen LogP contribution in [0.3, 0.4) is 0 Å². The fourth-order valence-electron chi connectivity index (χ4n) is 1.29. The van der Waals surface area contributed by atoms with Crippen LogP contribution in [-0.2, 0) is 18.9 Å². The standard InChI is InChI=1S/C10H22O4/c1-11-9(12-2)7-5-6-8-10(13-3)14-4/h9-10H,5-8H2,1-4H3. The van der Waals surface area contributed by atoms with Crippen molar-refractivity contribution < 1.29 is 18.9 Å². The summed E-state index contributed by atoms with van der Waals surface area (Å²) in [6, 6.07) is 0. The van der Waals surface area contributed by atoms with Gasteiger partial charge < -0.3 is 18.9 Å². The fraction of sp³-hybridized carbons (Fsp3) is 1.00. The van der Waals surface area contributed by atoms with Crippen molar-refractivity contribution in [2.75, 3.05) is 28.4 Å². The molecule has 0 radical (unpaired) electrons. The Morgan fingerprint density at radius 2 is 0.929 bits per heavy atom. The lowest BCUT2D eigenvalue weighted by Gasteiger charge is -2.15. The van der Waals surface area contributed by atoms with Crippen LogP contribution in [0.5, 0.6) is 0 Å². The van der Waals surface area contributed by atoms with E-state index in [4.69, 9.17) is 18.9 Å². The average Bonchev–Trinajstić information content (AvgIpc) is 2.24. The van der Waals surface area contributed by atoms with E-state index in [-0.39, 0.29) is 12.6 Å². The van der Waals surface area contributed by atoms with E-state index in [2.05, 4.69) is 0 Å². The molecule has 0 aliphatic carbocycles. The molecule has 0 aromatic heterocycles. The molecule has 0 saturated heterocycles. The second-order valence-corrected chi connectivity index (χ2v) is 3.09. The van der Waals surface area contributed by atoms with E-state index < -0.39 is 0 Å². The third-order valence-electron chi connectivity index (χ3n) is 2.18. The molecule has 4 heteroatoms. The van der Waals surface area contributed by atoms with Crippen LogP contribution >= 0.6 is 0 Å². The van der Waals surface area contributed by atoms with Gasteiger partial charge in [-0.2, -0.15) is 0 Å². The highest BCUT2D eigenvalue weighted by molar-refractivity contribution is 4.49. The van der Waals surface area contributed by atoms with Crippen LogP contribution in [0.25, 0.3) is 0 Å². The maximum atomic E-state index is 5.07. The SMILES string of the molecule is COC(CCCCC(OC)OC)OC. The Bertz CT molecular complexity index is 96.7. The first kappa shape index (κ1) is 13.8. The van der Waals surface area contributed by atoms with Crippen molar-refractivity contribution in [3.63, 3.8) is 0 Å². The molecule has 0 aromatic rings. The van der Waals surface area contributed by atoms with E-state index in [1.165, 1.54) is 0 Å². The molecular formula is C10H22O4. The molecule has 0 spiro atoms. The molecule has 0 aliphatic heterocycles. The zero-order valence-electron chi connectivity index (χ0n) is 9.62. The molecule has 0 aromatic carbocycles. The molecule has 0 bridgehead atoms. The van der Waals surface area contributed by atoms with Gasteiger partial charge in [0.15, 0.2) is 12.6 Å². The van der Waals surface area contributed by atoms with Gasteiger partial charge in [-0.3, -0.25) is 0 Å². The number of hydrogen-bond acceptors (Lipinski definition) is 4. The van der Waals surface area contributed by atoms with Gasteiger partial charge in [-0.05, 0) is 25.7 Å². The highest BCUT2D eigenvalue weighted by Crippen LogP contribution is 2.10. The largest absolute Gasteiger partial charge is 0.356 e. The first-order valence-corrected chi connectivity index (χ1v) is 4.89. The van der Waals surface area contributed by atoms with Crippen molar-refractivity contribution >= 4 is 0 Å². The van der Waals surface area contributed by atoms with Crippen molar-refractivity contribution in [3.05, 3.63) is 0 Å². The van der Waals surface area contributed by atoms with Crippen LogP contribution < -0.4 is 0 Å². The predicted octanol–water partition coefficient (Wildman–Crippen LogP) is 1.78. The number of hydrogen-bond donors (Lipinski definition) is 0. The van der Waals surface area contributed by atoms with E-state index in [1.807, 2.05) is 0 Å². The van der Waals surface area contributed by atoms with Gasteiger partial charge >= 0.3 is 0 Å². The summed E-state index contributed by atoms with van der Waals surface area (Å²) < 4.78 is 20.3. The van der Waals surface area contributed by atoms with Gasteiger partial charge in [0.05, 0.1) is 0 Å². The summed E-state index contributed by atoms with van der Waals surface area (Å²) in [7, 11) is 6.62. The maximum Gasteiger partial charge on any atom is 0.156 e. The highest BCUT2D eigenvalue weighted by Gasteiger charge is 2.07. The molecule has 4 nitrogen and oxygen atoms in total. The first-order chi connectivity index (χ1) is 6.78. The molecule has 0 heterocycles. The third-order valence-corrected chi connectivity index (χ3v) is 2.18. The Labute approximate surface area is 86.5 Å². The Morgan fingerprint density at radius 1 is 0.643 bits per heavy atom. The third kappa shape index (κ3) is 6.32. The van der Waals surface area contributed by atoms with Gasteiger partial charge in [0, 0.05) is 28.4 Å². The van der Waals surface area contributed by atoms with Crippen molar-refractivity contribution in [2.24, 2.45) is 0 Å². The molecule has 0 aliphatic rings. The summed E-state index contributed by atoms with van der Waals surface area (Å²) in [5, 5.41) is 0. The Hall–Kier alpha value is -0.160.